The van der Waals surface area contributed by atoms with Crippen molar-refractivity contribution in [3.05, 3.63) is 51.8 Å². The lowest BCUT2D eigenvalue weighted by Gasteiger charge is -2.05. The second-order valence-corrected chi connectivity index (χ2v) is 4.08. The first-order valence-corrected chi connectivity index (χ1v) is 5.93. The van der Waals surface area contributed by atoms with Gasteiger partial charge in [0.1, 0.15) is 5.75 Å². The van der Waals surface area contributed by atoms with Gasteiger partial charge in [-0.1, -0.05) is 0 Å². The zero-order valence-electron chi connectivity index (χ0n) is 10.0. The molecule has 0 spiro atoms. The van der Waals surface area contributed by atoms with Crippen molar-refractivity contribution in [2.24, 2.45) is 0 Å². The maximum absolute atomic E-state index is 10.7. The molecule has 0 saturated heterocycles. The molecule has 2 aromatic rings. The molecule has 6 nitrogen and oxygen atoms in total. The van der Waals surface area contributed by atoms with Gasteiger partial charge in [-0.05, 0) is 19.1 Å². The van der Waals surface area contributed by atoms with Crippen LogP contribution in [-0.2, 0) is 5.88 Å². The van der Waals surface area contributed by atoms with Crippen LogP contribution < -0.4 is 4.74 Å². The molecule has 19 heavy (non-hydrogen) atoms. The topological polar surface area (TPSA) is 78.2 Å². The van der Waals surface area contributed by atoms with E-state index in [9.17, 15) is 10.1 Å². The number of halogens is 1. The summed E-state index contributed by atoms with van der Waals surface area (Å²) in [5.74, 6) is 0.776. The summed E-state index contributed by atoms with van der Waals surface area (Å²) in [6, 6.07) is 4.63. The lowest BCUT2D eigenvalue weighted by Crippen LogP contribution is -1.95. The van der Waals surface area contributed by atoms with Gasteiger partial charge in [-0.3, -0.25) is 10.1 Å². The van der Waals surface area contributed by atoms with Gasteiger partial charge < -0.3 is 4.74 Å². The third kappa shape index (κ3) is 3.17. The predicted molar refractivity (Wildman–Crippen MR) is 69.5 cm³/mol. The van der Waals surface area contributed by atoms with Gasteiger partial charge in [0.2, 0.25) is 0 Å². The zero-order chi connectivity index (χ0) is 13.8. The fraction of sp³-hybridized carbons (Fsp3) is 0.167. The van der Waals surface area contributed by atoms with Gasteiger partial charge in [0.15, 0.2) is 0 Å². The maximum atomic E-state index is 10.7. The minimum Gasteiger partial charge on any atom is -0.424 e. The Bertz CT molecular complexity index is 602. The molecular weight excluding hydrogens is 270 g/mol. The Morgan fingerprint density at radius 3 is 2.58 bits per heavy atom. The number of nitro benzene ring substituents is 1. The van der Waals surface area contributed by atoms with Crippen molar-refractivity contribution >= 4 is 17.3 Å². The molecule has 0 bridgehead atoms. The number of hydrogen-bond acceptors (Lipinski definition) is 5. The number of hydrogen-bond donors (Lipinski definition) is 0. The summed E-state index contributed by atoms with van der Waals surface area (Å²) >= 11 is 5.62. The van der Waals surface area contributed by atoms with Crippen molar-refractivity contribution in [1.29, 1.82) is 0 Å². The van der Waals surface area contributed by atoms with Crippen molar-refractivity contribution in [1.82, 2.24) is 9.97 Å². The molecule has 0 N–H and O–H groups in total. The number of benzene rings is 1. The summed E-state index contributed by atoms with van der Waals surface area (Å²) in [6.45, 7) is 1.64. The molecule has 98 valence electrons. The first kappa shape index (κ1) is 13.2. The number of rotatable bonds is 4. The Hall–Kier alpha value is -2.21. The minimum atomic E-state index is -0.440. The molecule has 1 aromatic heterocycles. The number of ether oxygens (including phenoxy) is 1. The van der Waals surface area contributed by atoms with E-state index in [1.165, 1.54) is 12.1 Å². The van der Waals surface area contributed by atoms with E-state index in [1.807, 2.05) is 0 Å². The summed E-state index contributed by atoms with van der Waals surface area (Å²) in [6.07, 6.45) is 3.13. The number of nitro groups is 1. The summed E-state index contributed by atoms with van der Waals surface area (Å²) < 4.78 is 5.41. The molecule has 0 unspecified atom stereocenters. The fourth-order valence-electron chi connectivity index (χ4n) is 1.47. The van der Waals surface area contributed by atoms with Gasteiger partial charge in [-0.25, -0.2) is 9.97 Å². The van der Waals surface area contributed by atoms with Gasteiger partial charge in [0, 0.05) is 29.6 Å². The molecule has 7 heteroatoms. The number of aromatic nitrogens is 2. The van der Waals surface area contributed by atoms with Crippen molar-refractivity contribution in [2.45, 2.75) is 12.8 Å². The average Bonchev–Trinajstić information content (AvgIpc) is 2.39. The number of nitrogens with zero attached hydrogens (tertiary/aromatic N) is 3. The normalized spacial score (nSPS) is 10.2. The molecule has 0 saturated carbocycles. The Labute approximate surface area is 114 Å². The molecule has 0 amide bonds. The molecule has 0 radical (unpaired) electrons. The van der Waals surface area contributed by atoms with E-state index in [-0.39, 0.29) is 11.7 Å². The monoisotopic (exact) mass is 279 g/mol. The minimum absolute atomic E-state index is 0.0470. The molecule has 0 aliphatic carbocycles. The van der Waals surface area contributed by atoms with Crippen LogP contribution in [0.1, 0.15) is 11.1 Å². The Morgan fingerprint density at radius 1 is 1.37 bits per heavy atom. The zero-order valence-corrected chi connectivity index (χ0v) is 10.8. The first-order chi connectivity index (χ1) is 9.10. The van der Waals surface area contributed by atoms with Crippen LogP contribution in [-0.4, -0.2) is 14.9 Å². The summed E-state index contributed by atoms with van der Waals surface area (Å²) in [5, 5.41) is 10.7. The molecule has 0 fully saturated rings. The molecule has 0 aliphatic heterocycles. The second-order valence-electron chi connectivity index (χ2n) is 3.81. The SMILES string of the molecule is Cc1cc(Oc2ncc(CCl)cn2)ccc1[N+](=O)[O-]. The molecular formula is C12H10ClN3O3. The van der Waals surface area contributed by atoms with Gasteiger partial charge in [0.05, 0.1) is 10.8 Å². The molecule has 1 aromatic carbocycles. The highest BCUT2D eigenvalue weighted by atomic mass is 35.5. The van der Waals surface area contributed by atoms with Gasteiger partial charge >= 0.3 is 6.01 Å². The van der Waals surface area contributed by atoms with E-state index in [1.54, 1.807) is 25.4 Å². The van der Waals surface area contributed by atoms with E-state index in [2.05, 4.69) is 9.97 Å². The van der Waals surface area contributed by atoms with Crippen LogP contribution in [0, 0.1) is 17.0 Å². The fourth-order valence-corrected chi connectivity index (χ4v) is 1.60. The van der Waals surface area contributed by atoms with E-state index in [4.69, 9.17) is 16.3 Å². The largest absolute Gasteiger partial charge is 0.424 e. The van der Waals surface area contributed by atoms with Crippen LogP contribution in [0.25, 0.3) is 0 Å². The molecule has 2 rings (SSSR count). The Balaban J connectivity index is 2.18. The molecule has 0 aliphatic rings. The molecule has 0 atom stereocenters. The highest BCUT2D eigenvalue weighted by Gasteiger charge is 2.11. The van der Waals surface area contributed by atoms with Crippen LogP contribution in [0.2, 0.25) is 0 Å². The Kier molecular flexibility index (Phi) is 3.91. The maximum Gasteiger partial charge on any atom is 0.321 e. The van der Waals surface area contributed by atoms with E-state index >= 15 is 0 Å². The average molecular weight is 280 g/mol. The summed E-state index contributed by atoms with van der Waals surface area (Å²) in [7, 11) is 0. The second kappa shape index (κ2) is 5.62. The van der Waals surface area contributed by atoms with Crippen molar-refractivity contribution in [2.75, 3.05) is 0 Å². The standard InChI is InChI=1S/C12H10ClN3O3/c1-8-4-10(2-3-11(8)16(17)18)19-12-14-6-9(5-13)7-15-12/h2-4,6-7H,5H2,1H3. The smallest absolute Gasteiger partial charge is 0.321 e. The highest BCUT2D eigenvalue weighted by molar-refractivity contribution is 6.17. The van der Waals surface area contributed by atoms with Crippen LogP contribution in [0.15, 0.2) is 30.6 Å². The van der Waals surface area contributed by atoms with Gasteiger partial charge in [-0.2, -0.15) is 0 Å². The first-order valence-electron chi connectivity index (χ1n) is 5.40. The summed E-state index contributed by atoms with van der Waals surface area (Å²) in [4.78, 5) is 18.2. The van der Waals surface area contributed by atoms with Crippen LogP contribution in [0.4, 0.5) is 5.69 Å². The van der Waals surface area contributed by atoms with Crippen molar-refractivity contribution in [3.63, 3.8) is 0 Å². The van der Waals surface area contributed by atoms with E-state index in [0.717, 1.165) is 5.56 Å². The number of alkyl halides is 1. The lowest BCUT2D eigenvalue weighted by atomic mass is 10.2. The van der Waals surface area contributed by atoms with E-state index in [0.29, 0.717) is 17.2 Å². The molecule has 1 heterocycles. The quantitative estimate of drug-likeness (QED) is 0.488. The van der Waals surface area contributed by atoms with Crippen LogP contribution in [0.3, 0.4) is 0 Å². The predicted octanol–water partition coefficient (Wildman–Crippen LogP) is 3.22. The number of aryl methyl sites for hydroxylation is 1. The summed E-state index contributed by atoms with van der Waals surface area (Å²) in [5.41, 5.74) is 1.35. The highest BCUT2D eigenvalue weighted by Crippen LogP contribution is 2.25. The van der Waals surface area contributed by atoms with Crippen molar-refractivity contribution < 1.29 is 9.66 Å². The van der Waals surface area contributed by atoms with Crippen LogP contribution in [0.5, 0.6) is 11.8 Å². The third-order valence-electron chi connectivity index (χ3n) is 2.41. The van der Waals surface area contributed by atoms with Gasteiger partial charge in [-0.15, -0.1) is 11.6 Å². The van der Waals surface area contributed by atoms with Crippen LogP contribution >= 0.6 is 11.6 Å². The Morgan fingerprint density at radius 2 is 2.05 bits per heavy atom. The van der Waals surface area contributed by atoms with Gasteiger partial charge in [0.25, 0.3) is 5.69 Å². The van der Waals surface area contributed by atoms with E-state index < -0.39 is 4.92 Å². The lowest BCUT2D eigenvalue weighted by molar-refractivity contribution is -0.385. The third-order valence-corrected chi connectivity index (χ3v) is 2.72. The van der Waals surface area contributed by atoms with Crippen molar-refractivity contribution in [3.8, 4) is 11.8 Å².